The maximum Gasteiger partial charge on any atom is 0.236 e. The SMILES string of the molecule is Cc1noc(CSC(c2cc(Cl)ccc2N)c2cccn2C)n1. The molecule has 0 aliphatic rings. The molecule has 0 amide bonds. The Kier molecular flexibility index (Phi) is 4.63. The zero-order valence-corrected chi connectivity index (χ0v) is 14.4. The molecule has 0 spiro atoms. The van der Waals surface area contributed by atoms with Crippen molar-refractivity contribution in [1.82, 2.24) is 14.7 Å². The van der Waals surface area contributed by atoms with Crippen LogP contribution in [0.5, 0.6) is 0 Å². The van der Waals surface area contributed by atoms with Gasteiger partial charge in [0.15, 0.2) is 5.82 Å². The molecule has 3 aromatic rings. The van der Waals surface area contributed by atoms with Crippen molar-refractivity contribution in [2.24, 2.45) is 7.05 Å². The first-order valence-corrected chi connectivity index (χ1v) is 8.54. The molecule has 2 aromatic heterocycles. The highest BCUT2D eigenvalue weighted by atomic mass is 35.5. The summed E-state index contributed by atoms with van der Waals surface area (Å²) in [6, 6.07) is 9.65. The number of thioether (sulfide) groups is 1. The quantitative estimate of drug-likeness (QED) is 0.706. The van der Waals surface area contributed by atoms with Crippen molar-refractivity contribution in [1.29, 1.82) is 0 Å². The van der Waals surface area contributed by atoms with Crippen LogP contribution in [0.3, 0.4) is 0 Å². The molecule has 2 N–H and O–H groups in total. The number of anilines is 1. The van der Waals surface area contributed by atoms with Crippen LogP contribution in [-0.4, -0.2) is 14.7 Å². The van der Waals surface area contributed by atoms with E-state index in [1.165, 1.54) is 0 Å². The summed E-state index contributed by atoms with van der Waals surface area (Å²) in [6.07, 6.45) is 2.01. The second kappa shape index (κ2) is 6.68. The van der Waals surface area contributed by atoms with Gasteiger partial charge in [0, 0.05) is 29.6 Å². The standard InChI is InChI=1S/C16H17ClN4OS/c1-10-19-15(22-20-10)9-23-16(14-4-3-7-21(14)2)12-8-11(17)5-6-13(12)18/h3-8,16H,9,18H2,1-2H3. The van der Waals surface area contributed by atoms with Gasteiger partial charge in [-0.1, -0.05) is 16.8 Å². The molecule has 1 aromatic carbocycles. The molecule has 23 heavy (non-hydrogen) atoms. The largest absolute Gasteiger partial charge is 0.398 e. The predicted octanol–water partition coefficient (Wildman–Crippen LogP) is 3.97. The average Bonchev–Trinajstić information content (AvgIpc) is 3.12. The maximum absolute atomic E-state index is 6.19. The van der Waals surface area contributed by atoms with Crippen molar-refractivity contribution >= 4 is 29.1 Å². The summed E-state index contributed by atoms with van der Waals surface area (Å²) < 4.78 is 7.29. The van der Waals surface area contributed by atoms with Gasteiger partial charge in [-0.25, -0.2) is 0 Å². The Morgan fingerprint density at radius 2 is 2.22 bits per heavy atom. The third-order valence-electron chi connectivity index (χ3n) is 3.53. The molecule has 0 bridgehead atoms. The summed E-state index contributed by atoms with van der Waals surface area (Å²) in [5, 5.41) is 4.53. The second-order valence-corrected chi connectivity index (χ2v) is 6.77. The van der Waals surface area contributed by atoms with Gasteiger partial charge in [0.05, 0.1) is 11.0 Å². The minimum Gasteiger partial charge on any atom is -0.398 e. The van der Waals surface area contributed by atoms with E-state index in [-0.39, 0.29) is 5.25 Å². The Bertz CT molecular complexity index is 814. The summed E-state index contributed by atoms with van der Waals surface area (Å²) in [4.78, 5) is 4.26. The summed E-state index contributed by atoms with van der Waals surface area (Å²) in [7, 11) is 2.01. The lowest BCUT2D eigenvalue weighted by molar-refractivity contribution is 0.387. The number of nitrogens with two attached hydrogens (primary N) is 1. The normalized spacial score (nSPS) is 12.5. The molecule has 0 saturated heterocycles. The van der Waals surface area contributed by atoms with Crippen molar-refractivity contribution in [2.75, 3.05) is 5.73 Å². The number of aryl methyl sites for hydroxylation is 2. The van der Waals surface area contributed by atoms with E-state index in [1.807, 2.05) is 31.4 Å². The molecule has 7 heteroatoms. The molecule has 2 heterocycles. The van der Waals surface area contributed by atoms with Gasteiger partial charge in [-0.05, 0) is 42.8 Å². The molecule has 1 atom stereocenters. The minimum absolute atomic E-state index is 0.0286. The highest BCUT2D eigenvalue weighted by molar-refractivity contribution is 7.98. The fourth-order valence-electron chi connectivity index (χ4n) is 2.41. The Labute approximate surface area is 143 Å². The van der Waals surface area contributed by atoms with E-state index in [4.69, 9.17) is 21.9 Å². The van der Waals surface area contributed by atoms with E-state index >= 15 is 0 Å². The Hall–Kier alpha value is -1.92. The van der Waals surface area contributed by atoms with Crippen LogP contribution < -0.4 is 5.73 Å². The van der Waals surface area contributed by atoms with Gasteiger partial charge in [0.25, 0.3) is 0 Å². The molecule has 3 rings (SSSR count). The third kappa shape index (κ3) is 3.54. The first-order chi connectivity index (χ1) is 11.0. The van der Waals surface area contributed by atoms with Gasteiger partial charge in [-0.2, -0.15) is 4.98 Å². The molecule has 5 nitrogen and oxygen atoms in total. The number of hydrogen-bond donors (Lipinski definition) is 1. The topological polar surface area (TPSA) is 69.9 Å². The van der Waals surface area contributed by atoms with Crippen molar-refractivity contribution in [3.05, 3.63) is 64.5 Å². The Balaban J connectivity index is 1.94. The molecule has 0 radical (unpaired) electrons. The number of aromatic nitrogens is 3. The number of benzene rings is 1. The molecular weight excluding hydrogens is 332 g/mol. The lowest BCUT2D eigenvalue weighted by Gasteiger charge is -2.19. The highest BCUT2D eigenvalue weighted by Gasteiger charge is 2.21. The lowest BCUT2D eigenvalue weighted by atomic mass is 10.1. The number of nitrogen functional groups attached to an aromatic ring is 1. The Morgan fingerprint density at radius 1 is 1.39 bits per heavy atom. The minimum atomic E-state index is 0.0286. The van der Waals surface area contributed by atoms with Gasteiger partial charge in [-0.15, -0.1) is 11.8 Å². The van der Waals surface area contributed by atoms with Crippen LogP contribution in [-0.2, 0) is 12.8 Å². The zero-order chi connectivity index (χ0) is 16.4. The van der Waals surface area contributed by atoms with Crippen molar-refractivity contribution < 1.29 is 4.52 Å². The predicted molar refractivity (Wildman–Crippen MR) is 93.5 cm³/mol. The number of rotatable bonds is 5. The summed E-state index contributed by atoms with van der Waals surface area (Å²) in [5.74, 6) is 1.84. The van der Waals surface area contributed by atoms with E-state index in [0.717, 1.165) is 16.9 Å². The van der Waals surface area contributed by atoms with E-state index in [2.05, 4.69) is 20.8 Å². The van der Waals surface area contributed by atoms with Crippen LogP contribution in [0.2, 0.25) is 5.02 Å². The van der Waals surface area contributed by atoms with E-state index in [9.17, 15) is 0 Å². The van der Waals surface area contributed by atoms with Crippen LogP contribution >= 0.6 is 23.4 Å². The molecular formula is C16H17ClN4OS. The van der Waals surface area contributed by atoms with Gasteiger partial charge in [0.2, 0.25) is 5.89 Å². The van der Waals surface area contributed by atoms with E-state index in [1.54, 1.807) is 24.8 Å². The maximum atomic E-state index is 6.19. The van der Waals surface area contributed by atoms with Crippen LogP contribution in [0.15, 0.2) is 41.1 Å². The first kappa shape index (κ1) is 16.0. The summed E-state index contributed by atoms with van der Waals surface area (Å²) in [5.41, 5.74) is 9.03. The summed E-state index contributed by atoms with van der Waals surface area (Å²) >= 11 is 7.85. The first-order valence-electron chi connectivity index (χ1n) is 7.11. The van der Waals surface area contributed by atoms with E-state index in [0.29, 0.717) is 22.5 Å². The van der Waals surface area contributed by atoms with Gasteiger partial charge in [0.1, 0.15) is 0 Å². The van der Waals surface area contributed by atoms with Crippen LogP contribution in [0, 0.1) is 6.92 Å². The fraction of sp³-hybridized carbons (Fsp3) is 0.250. The third-order valence-corrected chi connectivity index (χ3v) is 5.00. The molecule has 0 aliphatic carbocycles. The fourth-order valence-corrected chi connectivity index (χ4v) is 3.81. The van der Waals surface area contributed by atoms with Crippen LogP contribution in [0.25, 0.3) is 0 Å². The van der Waals surface area contributed by atoms with Crippen molar-refractivity contribution in [3.8, 4) is 0 Å². The molecule has 0 fully saturated rings. The van der Waals surface area contributed by atoms with E-state index < -0.39 is 0 Å². The van der Waals surface area contributed by atoms with Crippen LogP contribution in [0.4, 0.5) is 5.69 Å². The number of halogens is 1. The van der Waals surface area contributed by atoms with Crippen molar-refractivity contribution in [2.45, 2.75) is 17.9 Å². The number of nitrogens with zero attached hydrogens (tertiary/aromatic N) is 3. The van der Waals surface area contributed by atoms with Crippen molar-refractivity contribution in [3.63, 3.8) is 0 Å². The molecule has 1 unspecified atom stereocenters. The Morgan fingerprint density at radius 3 is 2.87 bits per heavy atom. The smallest absolute Gasteiger partial charge is 0.236 e. The summed E-state index contributed by atoms with van der Waals surface area (Å²) in [6.45, 7) is 1.81. The lowest BCUT2D eigenvalue weighted by Crippen LogP contribution is -2.06. The molecule has 0 saturated carbocycles. The molecule has 120 valence electrons. The van der Waals surface area contributed by atoms with Gasteiger partial charge in [-0.3, -0.25) is 0 Å². The highest BCUT2D eigenvalue weighted by Crippen LogP contribution is 2.40. The second-order valence-electron chi connectivity index (χ2n) is 5.24. The average molecular weight is 349 g/mol. The zero-order valence-electron chi connectivity index (χ0n) is 12.9. The van der Waals surface area contributed by atoms with Gasteiger partial charge >= 0.3 is 0 Å². The monoisotopic (exact) mass is 348 g/mol. The van der Waals surface area contributed by atoms with Gasteiger partial charge < -0.3 is 14.8 Å². The molecule has 0 aliphatic heterocycles. The number of hydrogen-bond acceptors (Lipinski definition) is 5. The van der Waals surface area contributed by atoms with Crippen LogP contribution in [0.1, 0.15) is 28.2 Å².